The monoisotopic (exact) mass is 914 g/mol. The Kier molecular flexibility index (Phi) is 28.0. The smallest absolute Gasteiger partial charge is 0.462 e. The highest BCUT2D eigenvalue weighted by Crippen LogP contribution is 2.44. The number of carbonyl (C=O) groups excluding carboxylic acids is 2. The maximum atomic E-state index is 13.0. The van der Waals surface area contributed by atoms with E-state index < -0.39 is 57.5 Å². The number of hydrogen-bond donors (Lipinski definition) is 4. The van der Waals surface area contributed by atoms with Crippen LogP contribution in [0.1, 0.15) is 206 Å². The molecule has 0 radical (unpaired) electrons. The summed E-state index contributed by atoms with van der Waals surface area (Å²) in [7, 11) is -4.73. The van der Waals surface area contributed by atoms with Gasteiger partial charge in [0.1, 0.15) is 30.1 Å². The minimum Gasteiger partial charge on any atom is -0.462 e. The molecule has 1 aliphatic heterocycles. The van der Waals surface area contributed by atoms with Crippen LogP contribution in [0, 0.1) is 4.64 Å². The minimum absolute atomic E-state index is 0.0918. The number of aromatic amines is 1. The van der Waals surface area contributed by atoms with Crippen LogP contribution in [0.3, 0.4) is 0 Å². The van der Waals surface area contributed by atoms with E-state index in [0.717, 1.165) is 38.5 Å². The number of imidazole rings is 1. The second-order valence-corrected chi connectivity index (χ2v) is 18.9. The average molecular weight is 914 g/mol. The summed E-state index contributed by atoms with van der Waals surface area (Å²) in [4.78, 5) is 47.2. The molecular formula is C45H80N5O10PS. The molecule has 3 heterocycles. The number of ether oxygens (including phenoxy) is 3. The van der Waals surface area contributed by atoms with Crippen LogP contribution in [0.5, 0.6) is 0 Å². The van der Waals surface area contributed by atoms with Gasteiger partial charge in [-0.25, -0.2) is 14.5 Å². The molecule has 0 spiro atoms. The van der Waals surface area contributed by atoms with Gasteiger partial charge in [-0.3, -0.25) is 23.2 Å². The number of phosphoric ester groups is 1. The number of aliphatic hydroxyl groups is 1. The molecule has 17 heteroatoms. The summed E-state index contributed by atoms with van der Waals surface area (Å²) in [5, 5.41) is 10.7. The fraction of sp³-hybridized carbons (Fsp3) is 0.844. The number of nitrogens with two attached hydrogens (primary N) is 1. The third kappa shape index (κ3) is 22.9. The molecule has 0 bridgehead atoms. The lowest BCUT2D eigenvalue weighted by Crippen LogP contribution is -2.30. The van der Waals surface area contributed by atoms with Gasteiger partial charge in [-0.2, -0.15) is 0 Å². The topological polar surface area (TPSA) is 210 Å². The number of phosphoric acid groups is 1. The van der Waals surface area contributed by atoms with Crippen LogP contribution in [0.2, 0.25) is 0 Å². The zero-order valence-corrected chi connectivity index (χ0v) is 39.7. The molecule has 1 unspecified atom stereocenters. The molecule has 1 aliphatic rings. The number of rotatable bonds is 38. The predicted molar refractivity (Wildman–Crippen MR) is 245 cm³/mol. The number of aliphatic hydroxyl groups excluding tert-OH is 1. The van der Waals surface area contributed by atoms with Gasteiger partial charge in [-0.05, 0) is 12.8 Å². The largest absolute Gasteiger partial charge is 0.472 e. The number of carbonyl (C=O) groups is 2. The molecule has 1 fully saturated rings. The van der Waals surface area contributed by atoms with Crippen molar-refractivity contribution in [3.63, 3.8) is 0 Å². The van der Waals surface area contributed by atoms with E-state index in [1.807, 2.05) is 0 Å². The third-order valence-electron chi connectivity index (χ3n) is 11.5. The molecule has 0 amide bonds. The molecule has 5 N–H and O–H groups in total. The summed E-state index contributed by atoms with van der Waals surface area (Å²) in [6.07, 6.45) is 29.1. The maximum absolute atomic E-state index is 13.0. The van der Waals surface area contributed by atoms with Gasteiger partial charge in [-0.15, -0.1) is 0 Å². The highest BCUT2D eigenvalue weighted by Gasteiger charge is 2.38. The lowest BCUT2D eigenvalue weighted by atomic mass is 10.0. The summed E-state index contributed by atoms with van der Waals surface area (Å²) in [6.45, 7) is 3.13. The van der Waals surface area contributed by atoms with E-state index in [1.54, 1.807) is 4.57 Å². The van der Waals surface area contributed by atoms with Crippen molar-refractivity contribution in [2.75, 3.05) is 25.6 Å². The summed E-state index contributed by atoms with van der Waals surface area (Å²) in [5.74, 6) is -0.835. The molecule has 356 valence electrons. The summed E-state index contributed by atoms with van der Waals surface area (Å²) < 4.78 is 42.3. The number of hydrogen-bond acceptors (Lipinski definition) is 13. The van der Waals surface area contributed by atoms with Gasteiger partial charge in [0.05, 0.1) is 25.6 Å². The van der Waals surface area contributed by atoms with E-state index in [2.05, 4.69) is 28.8 Å². The second kappa shape index (κ2) is 32.2. The average Bonchev–Trinajstić information content (AvgIpc) is 3.84. The first-order valence-electron chi connectivity index (χ1n) is 24.1. The molecule has 0 aliphatic carbocycles. The molecule has 2 aromatic heterocycles. The number of nitrogen functional groups attached to an aromatic ring is 1. The number of unbranched alkanes of at least 4 members (excludes halogenated alkanes) is 24. The number of nitrogens with one attached hydrogen (secondary N) is 1. The Morgan fingerprint density at radius 1 is 0.806 bits per heavy atom. The zero-order valence-electron chi connectivity index (χ0n) is 37.9. The number of fused-ring (bicyclic) bond motifs is 1. The molecule has 15 nitrogen and oxygen atoms in total. The molecule has 3 rings (SSSR count). The van der Waals surface area contributed by atoms with Gasteiger partial charge in [0.2, 0.25) is 0 Å². The third-order valence-corrected chi connectivity index (χ3v) is 12.7. The van der Waals surface area contributed by atoms with Crippen molar-refractivity contribution in [3.8, 4) is 0 Å². The lowest BCUT2D eigenvalue weighted by Gasteiger charge is -2.21. The Morgan fingerprint density at radius 2 is 1.29 bits per heavy atom. The lowest BCUT2D eigenvalue weighted by molar-refractivity contribution is -0.161. The first kappa shape index (κ1) is 53.9. The van der Waals surface area contributed by atoms with E-state index in [4.69, 9.17) is 41.2 Å². The highest BCUT2D eigenvalue weighted by molar-refractivity contribution is 7.71. The van der Waals surface area contributed by atoms with Gasteiger partial charge in [0, 0.05) is 19.3 Å². The van der Waals surface area contributed by atoms with E-state index in [9.17, 15) is 24.2 Å². The number of nitrogens with zero attached hydrogens (tertiary/aromatic N) is 3. The molecule has 5 atom stereocenters. The molecule has 62 heavy (non-hydrogen) atoms. The fourth-order valence-electron chi connectivity index (χ4n) is 7.78. The molecule has 2 aromatic rings. The van der Waals surface area contributed by atoms with Crippen molar-refractivity contribution < 1.29 is 47.4 Å². The van der Waals surface area contributed by atoms with Crippen LogP contribution in [0.4, 0.5) is 5.95 Å². The molecular weight excluding hydrogens is 834 g/mol. The molecule has 0 saturated carbocycles. The maximum Gasteiger partial charge on any atom is 0.472 e. The second-order valence-electron chi connectivity index (χ2n) is 17.0. The summed E-state index contributed by atoms with van der Waals surface area (Å²) in [6, 6.07) is 0. The van der Waals surface area contributed by atoms with Crippen molar-refractivity contribution >= 4 is 49.1 Å². The normalized spacial score (nSPS) is 18.0. The van der Waals surface area contributed by atoms with Gasteiger partial charge >= 0.3 is 19.8 Å². The predicted octanol–water partition coefficient (Wildman–Crippen LogP) is 11.3. The van der Waals surface area contributed by atoms with Gasteiger partial charge in [0.25, 0.3) is 0 Å². The Morgan fingerprint density at radius 3 is 1.81 bits per heavy atom. The number of aromatic nitrogens is 4. The van der Waals surface area contributed by atoms with Gasteiger partial charge in [0.15, 0.2) is 16.7 Å². The number of anilines is 1. The number of H-pyrrole nitrogens is 1. The zero-order chi connectivity index (χ0) is 44.8. The van der Waals surface area contributed by atoms with Crippen LogP contribution >= 0.6 is 20.0 Å². The Labute approximate surface area is 376 Å². The molecule has 1 saturated heterocycles. The first-order valence-corrected chi connectivity index (χ1v) is 26.0. The Balaban J connectivity index is 1.39. The van der Waals surface area contributed by atoms with Crippen molar-refractivity contribution in [2.45, 2.75) is 225 Å². The van der Waals surface area contributed by atoms with Crippen molar-refractivity contribution in [2.24, 2.45) is 0 Å². The van der Waals surface area contributed by atoms with E-state index in [1.165, 1.54) is 122 Å². The van der Waals surface area contributed by atoms with Crippen LogP contribution in [-0.2, 0) is 37.4 Å². The van der Waals surface area contributed by atoms with Crippen molar-refractivity contribution in [3.05, 3.63) is 11.0 Å². The van der Waals surface area contributed by atoms with Crippen molar-refractivity contribution in [1.29, 1.82) is 0 Å². The fourth-order valence-corrected chi connectivity index (χ4v) is 8.79. The van der Waals surface area contributed by atoms with Crippen LogP contribution < -0.4 is 5.73 Å². The SMILES string of the molecule is CCCCCCCCCCCCCCCC(=O)OC[C@H](COP(=O)(O)OC[C@H]1O[C@@H](n2cnc3c(=S)nc(N)[nH]c32)C[C@@H]1O)OC(=O)CCCCCCCCCCCCCCC. The molecule has 0 aromatic carbocycles. The first-order chi connectivity index (χ1) is 30.0. The highest BCUT2D eigenvalue weighted by atomic mass is 32.1. The van der Waals surface area contributed by atoms with Crippen LogP contribution in [0.25, 0.3) is 11.2 Å². The van der Waals surface area contributed by atoms with E-state index >= 15 is 0 Å². The summed E-state index contributed by atoms with van der Waals surface area (Å²) in [5.41, 5.74) is 6.69. The number of esters is 2. The minimum atomic E-state index is -4.73. The Bertz CT molecular complexity index is 1630. The Hall–Kier alpha value is -2.46. The van der Waals surface area contributed by atoms with Crippen LogP contribution in [0.15, 0.2) is 6.33 Å². The summed E-state index contributed by atoms with van der Waals surface area (Å²) >= 11 is 5.24. The van der Waals surface area contributed by atoms with Gasteiger partial charge in [-0.1, -0.05) is 180 Å². The van der Waals surface area contributed by atoms with E-state index in [-0.39, 0.29) is 36.5 Å². The van der Waals surface area contributed by atoms with E-state index in [0.29, 0.717) is 24.0 Å². The standard InChI is InChI=1S/C45H80N5O10PS/c1-3-5-7-9-11-13-15-17-19-21-23-25-27-29-40(52)56-32-36(59-41(53)30-28-26-24-22-20-18-16-14-12-10-8-6-4-2)33-57-61(54,55)58-34-38-37(51)31-39(60-38)50-35-47-42-43(50)48-45(46)49-44(42)62/h35-39,51H,3-34H2,1-2H3,(H,54,55)(H3,46,48,49,62)/t36-,37+,38-,39-/m1/s1. The van der Waals surface area contributed by atoms with Gasteiger partial charge < -0.3 is 34.9 Å². The quantitative estimate of drug-likeness (QED) is 0.0214. The van der Waals surface area contributed by atoms with Crippen molar-refractivity contribution in [1.82, 2.24) is 19.5 Å². The van der Waals surface area contributed by atoms with Crippen LogP contribution in [-0.4, -0.2) is 79.6 Å².